The molecular weight excluding hydrogens is 440 g/mol. The van der Waals surface area contributed by atoms with Crippen LogP contribution in [-0.4, -0.2) is 37.0 Å². The van der Waals surface area contributed by atoms with Gasteiger partial charge in [0.15, 0.2) is 11.5 Å². The molecule has 5 rings (SSSR count). The number of fused-ring (bicyclic) bond motifs is 2. The van der Waals surface area contributed by atoms with Gasteiger partial charge in [-0.25, -0.2) is 8.42 Å². The van der Waals surface area contributed by atoms with Gasteiger partial charge in [-0.05, 0) is 55.0 Å². The van der Waals surface area contributed by atoms with Crippen molar-refractivity contribution in [2.75, 3.05) is 13.2 Å². The minimum Gasteiger partial charge on any atom is -0.486 e. The first-order valence-electron chi connectivity index (χ1n) is 11.5. The van der Waals surface area contributed by atoms with Crippen LogP contribution in [0.25, 0.3) is 10.9 Å². The predicted octanol–water partition coefficient (Wildman–Crippen LogP) is 4.13. The van der Waals surface area contributed by atoms with Crippen LogP contribution < -0.4 is 15.0 Å². The highest BCUT2D eigenvalue weighted by molar-refractivity contribution is 7.89. The maximum atomic E-state index is 13.9. The number of benzene rings is 2. The van der Waals surface area contributed by atoms with Crippen LogP contribution >= 0.6 is 0 Å². The van der Waals surface area contributed by atoms with Gasteiger partial charge in [-0.1, -0.05) is 31.4 Å². The molecule has 1 aliphatic heterocycles. The van der Waals surface area contributed by atoms with Gasteiger partial charge < -0.3 is 14.5 Å². The van der Waals surface area contributed by atoms with E-state index in [0.717, 1.165) is 48.6 Å². The van der Waals surface area contributed by atoms with Crippen molar-refractivity contribution < 1.29 is 17.9 Å². The van der Waals surface area contributed by atoms with E-state index in [1.165, 1.54) is 10.4 Å². The van der Waals surface area contributed by atoms with E-state index in [1.54, 1.807) is 12.1 Å². The highest BCUT2D eigenvalue weighted by Crippen LogP contribution is 2.35. The van der Waals surface area contributed by atoms with Crippen LogP contribution in [0.15, 0.2) is 52.2 Å². The molecule has 33 heavy (non-hydrogen) atoms. The summed E-state index contributed by atoms with van der Waals surface area (Å²) in [6.45, 7) is 2.82. The van der Waals surface area contributed by atoms with Crippen LogP contribution in [0.4, 0.5) is 0 Å². The van der Waals surface area contributed by atoms with Gasteiger partial charge in [0.05, 0.1) is 4.90 Å². The smallest absolute Gasteiger partial charge is 0.252 e. The highest BCUT2D eigenvalue weighted by atomic mass is 32.2. The van der Waals surface area contributed by atoms with E-state index in [9.17, 15) is 13.2 Å². The molecule has 2 aliphatic rings. The largest absolute Gasteiger partial charge is 0.486 e. The van der Waals surface area contributed by atoms with E-state index in [4.69, 9.17) is 9.47 Å². The molecule has 7 nitrogen and oxygen atoms in total. The van der Waals surface area contributed by atoms with Crippen LogP contribution in [0.2, 0.25) is 0 Å². The quantitative estimate of drug-likeness (QED) is 0.608. The third-order valence-electron chi connectivity index (χ3n) is 6.51. The number of hydrogen-bond donors (Lipinski definition) is 1. The first-order valence-corrected chi connectivity index (χ1v) is 12.9. The van der Waals surface area contributed by atoms with Crippen molar-refractivity contribution in [2.24, 2.45) is 0 Å². The monoisotopic (exact) mass is 468 g/mol. The second-order valence-corrected chi connectivity index (χ2v) is 10.8. The minimum absolute atomic E-state index is 0.0284. The number of rotatable bonds is 5. The first-order chi connectivity index (χ1) is 15.9. The fourth-order valence-corrected chi connectivity index (χ4v) is 6.42. The zero-order valence-corrected chi connectivity index (χ0v) is 19.5. The number of aromatic nitrogens is 1. The Morgan fingerprint density at radius 3 is 2.52 bits per heavy atom. The fraction of sp³-hybridized carbons (Fsp3) is 0.400. The van der Waals surface area contributed by atoms with Gasteiger partial charge in [0, 0.05) is 29.7 Å². The average Bonchev–Trinajstić information content (AvgIpc) is 2.82. The van der Waals surface area contributed by atoms with Gasteiger partial charge >= 0.3 is 0 Å². The van der Waals surface area contributed by atoms with Crippen molar-refractivity contribution in [3.63, 3.8) is 0 Å². The van der Waals surface area contributed by atoms with E-state index < -0.39 is 10.0 Å². The number of sulfonamides is 1. The lowest BCUT2D eigenvalue weighted by Crippen LogP contribution is -2.42. The molecule has 0 bridgehead atoms. The Morgan fingerprint density at radius 2 is 1.73 bits per heavy atom. The molecule has 3 aromatic rings. The van der Waals surface area contributed by atoms with Crippen molar-refractivity contribution in [3.8, 4) is 11.5 Å². The molecule has 1 N–H and O–H groups in total. The second kappa shape index (κ2) is 8.83. The standard InChI is InChI=1S/C25H28N2O5S/c1-17-7-8-18-14-19(25(28)26-22(18)13-17)16-27(20-5-3-2-4-6-20)33(29,30)21-9-10-23-24(15-21)32-12-11-31-23/h7-10,13-15,20H,2-6,11-12,16H2,1H3,(H,26,28). The summed E-state index contributed by atoms with van der Waals surface area (Å²) in [6.07, 6.45) is 4.63. The molecule has 1 saturated carbocycles. The Labute approximate surface area is 193 Å². The van der Waals surface area contributed by atoms with Crippen molar-refractivity contribution in [2.45, 2.75) is 56.5 Å². The van der Waals surface area contributed by atoms with E-state index in [2.05, 4.69) is 4.98 Å². The fourth-order valence-electron chi connectivity index (χ4n) is 4.74. The SMILES string of the molecule is Cc1ccc2cc(CN(C3CCCCC3)S(=O)(=O)c3ccc4c(c3)OCCO4)c(=O)[nH]c2c1. The Bertz CT molecular complexity index is 1340. The lowest BCUT2D eigenvalue weighted by molar-refractivity contribution is 0.171. The summed E-state index contributed by atoms with van der Waals surface area (Å²) < 4.78 is 40.4. The molecule has 0 radical (unpaired) electrons. The summed E-state index contributed by atoms with van der Waals surface area (Å²) in [7, 11) is -3.86. The zero-order chi connectivity index (χ0) is 23.0. The third kappa shape index (κ3) is 4.37. The van der Waals surface area contributed by atoms with Gasteiger partial charge in [0.2, 0.25) is 10.0 Å². The Balaban J connectivity index is 1.55. The number of hydrogen-bond acceptors (Lipinski definition) is 5. The number of H-pyrrole nitrogens is 1. The van der Waals surface area contributed by atoms with Crippen LogP contribution in [0.1, 0.15) is 43.2 Å². The number of ether oxygens (including phenoxy) is 2. The molecule has 0 spiro atoms. The number of nitrogens with one attached hydrogen (secondary N) is 1. The summed E-state index contributed by atoms with van der Waals surface area (Å²) in [6, 6.07) is 12.3. The number of pyridine rings is 1. The third-order valence-corrected chi connectivity index (χ3v) is 8.40. The highest BCUT2D eigenvalue weighted by Gasteiger charge is 2.34. The maximum absolute atomic E-state index is 13.9. The van der Waals surface area contributed by atoms with Gasteiger partial charge in [0.1, 0.15) is 13.2 Å². The second-order valence-electron chi connectivity index (χ2n) is 8.86. The van der Waals surface area contributed by atoms with Crippen LogP contribution in [0, 0.1) is 6.92 Å². The summed E-state index contributed by atoms with van der Waals surface area (Å²) >= 11 is 0. The van der Waals surface area contributed by atoms with E-state index in [0.29, 0.717) is 30.3 Å². The summed E-state index contributed by atoms with van der Waals surface area (Å²) in [4.78, 5) is 16.0. The molecule has 1 fully saturated rings. The molecular formula is C25H28N2O5S. The number of nitrogens with zero attached hydrogens (tertiary/aromatic N) is 1. The molecule has 2 aromatic carbocycles. The summed E-state index contributed by atoms with van der Waals surface area (Å²) in [5.74, 6) is 0.982. The van der Waals surface area contributed by atoms with Gasteiger partial charge in [-0.3, -0.25) is 4.79 Å². The lowest BCUT2D eigenvalue weighted by atomic mass is 9.95. The van der Waals surface area contributed by atoms with Gasteiger partial charge in [0.25, 0.3) is 5.56 Å². The lowest BCUT2D eigenvalue weighted by Gasteiger charge is -2.33. The van der Waals surface area contributed by atoms with Gasteiger partial charge in [-0.15, -0.1) is 0 Å². The maximum Gasteiger partial charge on any atom is 0.252 e. The molecule has 2 heterocycles. The molecule has 0 atom stereocenters. The van der Waals surface area contributed by atoms with Crippen LogP contribution in [-0.2, 0) is 16.6 Å². The topological polar surface area (TPSA) is 88.7 Å². The molecule has 1 aliphatic carbocycles. The predicted molar refractivity (Wildman–Crippen MR) is 126 cm³/mol. The molecule has 1 aromatic heterocycles. The molecule has 8 heteroatoms. The molecule has 0 amide bonds. The van der Waals surface area contributed by atoms with Crippen molar-refractivity contribution in [1.29, 1.82) is 0 Å². The average molecular weight is 469 g/mol. The Morgan fingerprint density at radius 1 is 0.970 bits per heavy atom. The van der Waals surface area contributed by atoms with E-state index >= 15 is 0 Å². The molecule has 0 unspecified atom stereocenters. The first kappa shape index (κ1) is 22.0. The van der Waals surface area contributed by atoms with Crippen molar-refractivity contribution >= 4 is 20.9 Å². The summed E-state index contributed by atoms with van der Waals surface area (Å²) in [5, 5.41) is 0.885. The zero-order valence-electron chi connectivity index (χ0n) is 18.7. The Kier molecular flexibility index (Phi) is 5.88. The van der Waals surface area contributed by atoms with Crippen molar-refractivity contribution in [1.82, 2.24) is 9.29 Å². The molecule has 0 saturated heterocycles. The molecule has 174 valence electrons. The summed E-state index contributed by atoms with van der Waals surface area (Å²) in [5.41, 5.74) is 1.99. The van der Waals surface area contributed by atoms with Crippen LogP contribution in [0.3, 0.4) is 0 Å². The van der Waals surface area contributed by atoms with E-state index in [1.807, 2.05) is 31.2 Å². The van der Waals surface area contributed by atoms with Gasteiger partial charge in [-0.2, -0.15) is 4.31 Å². The number of aromatic amines is 1. The normalized spacial score (nSPS) is 16.9. The Hall–Kier alpha value is -2.84. The van der Waals surface area contributed by atoms with Crippen LogP contribution in [0.5, 0.6) is 11.5 Å². The van der Waals surface area contributed by atoms with E-state index in [-0.39, 0.29) is 23.0 Å². The number of aryl methyl sites for hydroxylation is 1. The minimum atomic E-state index is -3.86. The van der Waals surface area contributed by atoms with Crippen molar-refractivity contribution in [3.05, 3.63) is 63.9 Å².